The Morgan fingerprint density at radius 3 is 2.74 bits per heavy atom. The number of benzene rings is 1. The van der Waals surface area contributed by atoms with E-state index in [1.807, 2.05) is 0 Å². The SMILES string of the molecule is COC(=O)C[C@H](c1c(Cc2cc(F)c(F)cc2F)[nH][nH]c1=O)c1cnn2cccnc12. The molecule has 0 bridgehead atoms. The highest BCUT2D eigenvalue weighted by molar-refractivity contribution is 5.72. The largest absolute Gasteiger partial charge is 0.469 e. The number of aromatic amines is 2. The summed E-state index contributed by atoms with van der Waals surface area (Å²) < 4.78 is 47.4. The summed E-state index contributed by atoms with van der Waals surface area (Å²) in [5.74, 6) is -4.92. The summed E-state index contributed by atoms with van der Waals surface area (Å²) in [5, 5.41) is 9.25. The minimum absolute atomic E-state index is 0.120. The lowest BCUT2D eigenvalue weighted by molar-refractivity contribution is -0.140. The average Bonchev–Trinajstić information content (AvgIpc) is 3.34. The van der Waals surface area contributed by atoms with Gasteiger partial charge in [0, 0.05) is 47.6 Å². The Bertz CT molecular complexity index is 1330. The van der Waals surface area contributed by atoms with E-state index in [1.54, 1.807) is 12.3 Å². The highest BCUT2D eigenvalue weighted by Crippen LogP contribution is 2.31. The fourth-order valence-corrected chi connectivity index (χ4v) is 3.51. The number of methoxy groups -OCH3 is 1. The molecule has 0 amide bonds. The van der Waals surface area contributed by atoms with Crippen LogP contribution in [0.25, 0.3) is 5.65 Å². The first kappa shape index (κ1) is 20.4. The summed E-state index contributed by atoms with van der Waals surface area (Å²) in [6.45, 7) is 0. The van der Waals surface area contributed by atoms with E-state index in [9.17, 15) is 22.8 Å². The highest BCUT2D eigenvalue weighted by atomic mass is 19.2. The predicted octanol–water partition coefficient (Wildman–Crippen LogP) is 2.45. The van der Waals surface area contributed by atoms with Crippen molar-refractivity contribution in [2.24, 2.45) is 0 Å². The van der Waals surface area contributed by atoms with Gasteiger partial charge in [0.05, 0.1) is 19.7 Å². The van der Waals surface area contributed by atoms with Crippen LogP contribution in [0.2, 0.25) is 0 Å². The van der Waals surface area contributed by atoms with E-state index >= 15 is 0 Å². The molecule has 0 aliphatic heterocycles. The Morgan fingerprint density at radius 1 is 1.19 bits per heavy atom. The highest BCUT2D eigenvalue weighted by Gasteiger charge is 2.29. The molecule has 0 unspecified atom stereocenters. The Kier molecular flexibility index (Phi) is 5.32. The maximum absolute atomic E-state index is 14.2. The summed E-state index contributed by atoms with van der Waals surface area (Å²) in [4.78, 5) is 29.0. The van der Waals surface area contributed by atoms with Crippen molar-refractivity contribution in [3.8, 4) is 0 Å². The standard InChI is InChI=1S/C20H16F3N5O3/c1-31-17(29)7-11(12-9-25-28-4-2-3-24-19(12)28)18-16(26-27-20(18)30)6-10-5-14(22)15(23)8-13(10)21/h2-5,8-9,11H,6-7H2,1H3,(H2,26,27,30)/t11-/m0/s1. The van der Waals surface area contributed by atoms with Gasteiger partial charge in [-0.2, -0.15) is 5.10 Å². The quantitative estimate of drug-likeness (QED) is 0.360. The van der Waals surface area contributed by atoms with E-state index in [0.717, 1.165) is 6.07 Å². The van der Waals surface area contributed by atoms with Gasteiger partial charge in [-0.1, -0.05) is 0 Å². The van der Waals surface area contributed by atoms with Crippen molar-refractivity contribution < 1.29 is 22.7 Å². The number of rotatable bonds is 6. The third kappa shape index (κ3) is 3.81. The van der Waals surface area contributed by atoms with Gasteiger partial charge in [-0.05, 0) is 17.7 Å². The lowest BCUT2D eigenvalue weighted by Gasteiger charge is -2.15. The Balaban J connectivity index is 1.83. The fourth-order valence-electron chi connectivity index (χ4n) is 3.51. The van der Waals surface area contributed by atoms with Crippen LogP contribution in [-0.4, -0.2) is 37.9 Å². The van der Waals surface area contributed by atoms with Crippen LogP contribution in [0.15, 0.2) is 41.6 Å². The Hall–Kier alpha value is -3.89. The lowest BCUT2D eigenvalue weighted by Crippen LogP contribution is -2.18. The Labute approximate surface area is 172 Å². The summed E-state index contributed by atoms with van der Waals surface area (Å²) in [6, 6.07) is 2.83. The van der Waals surface area contributed by atoms with E-state index in [0.29, 0.717) is 17.3 Å². The topological polar surface area (TPSA) is 105 Å². The van der Waals surface area contributed by atoms with Crippen LogP contribution in [0.3, 0.4) is 0 Å². The molecule has 3 aromatic heterocycles. The third-order valence-electron chi connectivity index (χ3n) is 4.98. The number of carbonyl (C=O) groups is 1. The van der Waals surface area contributed by atoms with E-state index < -0.39 is 34.9 Å². The van der Waals surface area contributed by atoms with Crippen molar-refractivity contribution in [2.45, 2.75) is 18.8 Å². The molecule has 0 saturated heterocycles. The second kappa shape index (κ2) is 8.09. The average molecular weight is 431 g/mol. The lowest BCUT2D eigenvalue weighted by atomic mass is 9.88. The van der Waals surface area contributed by atoms with Crippen LogP contribution in [-0.2, 0) is 16.0 Å². The van der Waals surface area contributed by atoms with Crippen LogP contribution in [0.5, 0.6) is 0 Å². The molecule has 0 radical (unpaired) electrons. The first-order valence-electron chi connectivity index (χ1n) is 9.17. The summed E-state index contributed by atoms with van der Waals surface area (Å²) in [6.07, 6.45) is 4.20. The molecule has 1 atom stereocenters. The minimum Gasteiger partial charge on any atom is -0.469 e. The summed E-state index contributed by atoms with van der Waals surface area (Å²) in [7, 11) is 1.21. The molecule has 0 saturated carbocycles. The van der Waals surface area contributed by atoms with E-state index in [2.05, 4.69) is 20.3 Å². The molecule has 4 aromatic rings. The van der Waals surface area contributed by atoms with Gasteiger partial charge in [0.2, 0.25) is 0 Å². The van der Waals surface area contributed by atoms with E-state index in [4.69, 9.17) is 4.74 Å². The number of H-pyrrole nitrogens is 2. The number of fused-ring (bicyclic) bond motifs is 1. The van der Waals surface area contributed by atoms with Crippen molar-refractivity contribution in [3.05, 3.63) is 87.0 Å². The molecular formula is C20H16F3N5O3. The molecule has 0 aliphatic carbocycles. The maximum Gasteiger partial charge on any atom is 0.306 e. The maximum atomic E-state index is 14.2. The van der Waals surface area contributed by atoms with Gasteiger partial charge in [-0.15, -0.1) is 0 Å². The van der Waals surface area contributed by atoms with Gasteiger partial charge >= 0.3 is 5.97 Å². The van der Waals surface area contributed by atoms with Gasteiger partial charge in [0.15, 0.2) is 17.3 Å². The molecule has 0 fully saturated rings. The first-order chi connectivity index (χ1) is 14.9. The number of hydrogen-bond donors (Lipinski definition) is 2. The summed E-state index contributed by atoms with van der Waals surface area (Å²) in [5.41, 5.74) is 0.506. The van der Waals surface area contributed by atoms with Crippen LogP contribution < -0.4 is 5.56 Å². The summed E-state index contributed by atoms with van der Waals surface area (Å²) >= 11 is 0. The first-order valence-corrected chi connectivity index (χ1v) is 9.17. The molecule has 31 heavy (non-hydrogen) atoms. The normalized spacial score (nSPS) is 12.3. The zero-order valence-electron chi connectivity index (χ0n) is 16.2. The molecule has 4 rings (SSSR count). The van der Waals surface area contributed by atoms with Crippen molar-refractivity contribution in [2.75, 3.05) is 7.11 Å². The number of nitrogens with zero attached hydrogens (tertiary/aromatic N) is 3. The van der Waals surface area contributed by atoms with Gasteiger partial charge in [-0.25, -0.2) is 22.7 Å². The zero-order chi connectivity index (χ0) is 22.1. The van der Waals surface area contributed by atoms with Gasteiger partial charge in [0.25, 0.3) is 5.56 Å². The number of esters is 1. The van der Waals surface area contributed by atoms with Crippen molar-refractivity contribution in [3.63, 3.8) is 0 Å². The Morgan fingerprint density at radius 2 is 1.97 bits per heavy atom. The molecule has 3 heterocycles. The molecular weight excluding hydrogens is 415 g/mol. The van der Waals surface area contributed by atoms with Crippen molar-refractivity contribution in [1.82, 2.24) is 24.8 Å². The van der Waals surface area contributed by atoms with Crippen LogP contribution in [0.1, 0.15) is 34.7 Å². The number of hydrogen-bond acceptors (Lipinski definition) is 5. The van der Waals surface area contributed by atoms with E-state index in [1.165, 1.54) is 24.0 Å². The molecule has 8 nitrogen and oxygen atoms in total. The fraction of sp³-hybridized carbons (Fsp3) is 0.200. The zero-order valence-corrected chi connectivity index (χ0v) is 16.2. The second-order valence-electron chi connectivity index (χ2n) is 6.83. The molecule has 0 aliphatic rings. The van der Waals surface area contributed by atoms with Crippen molar-refractivity contribution >= 4 is 11.6 Å². The number of carbonyl (C=O) groups excluding carboxylic acids is 1. The molecule has 160 valence electrons. The molecule has 2 N–H and O–H groups in total. The van der Waals surface area contributed by atoms with Crippen LogP contribution in [0.4, 0.5) is 13.2 Å². The number of aromatic nitrogens is 5. The van der Waals surface area contributed by atoms with Crippen LogP contribution >= 0.6 is 0 Å². The smallest absolute Gasteiger partial charge is 0.306 e. The van der Waals surface area contributed by atoms with Gasteiger partial charge < -0.3 is 9.84 Å². The predicted molar refractivity (Wildman–Crippen MR) is 102 cm³/mol. The molecule has 1 aromatic carbocycles. The molecule has 0 spiro atoms. The number of nitrogens with one attached hydrogen (secondary N) is 2. The van der Waals surface area contributed by atoms with Gasteiger partial charge in [-0.3, -0.25) is 14.7 Å². The molecule has 11 heteroatoms. The monoisotopic (exact) mass is 431 g/mol. The van der Waals surface area contributed by atoms with Crippen LogP contribution in [0, 0.1) is 17.5 Å². The number of ether oxygens (including phenoxy) is 1. The second-order valence-corrected chi connectivity index (χ2v) is 6.83. The minimum atomic E-state index is -1.31. The number of halogens is 3. The van der Waals surface area contributed by atoms with Gasteiger partial charge in [0.1, 0.15) is 5.82 Å². The third-order valence-corrected chi connectivity index (χ3v) is 4.98. The van der Waals surface area contributed by atoms with E-state index in [-0.39, 0.29) is 29.7 Å². The van der Waals surface area contributed by atoms with Crippen molar-refractivity contribution in [1.29, 1.82) is 0 Å².